The molecule has 2 aromatic heterocycles. The van der Waals surface area contributed by atoms with Crippen LogP contribution in [0.1, 0.15) is 5.01 Å². The summed E-state index contributed by atoms with van der Waals surface area (Å²) in [6.45, 7) is 1.93. The van der Waals surface area contributed by atoms with Gasteiger partial charge in [-0.1, -0.05) is 11.3 Å². The van der Waals surface area contributed by atoms with Gasteiger partial charge in [0, 0.05) is 6.20 Å². The molecule has 14 heavy (non-hydrogen) atoms. The molecule has 0 aliphatic rings. The van der Waals surface area contributed by atoms with Gasteiger partial charge in [0.2, 0.25) is 0 Å². The van der Waals surface area contributed by atoms with Crippen LogP contribution in [0, 0.1) is 6.92 Å². The molecule has 2 rings (SSSR count). The number of halogens is 1. The molecule has 0 radical (unpaired) electrons. The van der Waals surface area contributed by atoms with Crippen LogP contribution in [0.2, 0.25) is 0 Å². The molecule has 2 heterocycles. The minimum absolute atomic E-state index is 0.858. The average molecular weight is 289 g/mol. The third-order valence-electron chi connectivity index (χ3n) is 1.33. The van der Waals surface area contributed by atoms with Crippen molar-refractivity contribution in [2.24, 2.45) is 0 Å². The SMILES string of the molecule is Cc1nnc(Sc2ncncc2Br)s1. The Morgan fingerprint density at radius 2 is 2.29 bits per heavy atom. The first-order chi connectivity index (χ1) is 6.75. The number of hydrogen-bond donors (Lipinski definition) is 0. The van der Waals surface area contributed by atoms with E-state index in [1.165, 1.54) is 18.1 Å². The molecule has 0 bridgehead atoms. The number of aromatic nitrogens is 4. The number of aryl methyl sites for hydroxylation is 1. The molecule has 7 heteroatoms. The van der Waals surface area contributed by atoms with Crippen molar-refractivity contribution in [2.45, 2.75) is 16.3 Å². The van der Waals surface area contributed by atoms with E-state index >= 15 is 0 Å². The molecule has 0 amide bonds. The highest BCUT2D eigenvalue weighted by Crippen LogP contribution is 2.32. The van der Waals surface area contributed by atoms with Gasteiger partial charge in [0.05, 0.1) is 4.47 Å². The zero-order chi connectivity index (χ0) is 9.97. The largest absolute Gasteiger partial charge is 0.244 e. The topological polar surface area (TPSA) is 51.6 Å². The molecule has 0 fully saturated rings. The van der Waals surface area contributed by atoms with Gasteiger partial charge in [-0.25, -0.2) is 9.97 Å². The van der Waals surface area contributed by atoms with Crippen molar-refractivity contribution in [1.82, 2.24) is 20.2 Å². The van der Waals surface area contributed by atoms with Crippen molar-refractivity contribution in [3.8, 4) is 0 Å². The molecule has 2 aromatic rings. The highest BCUT2D eigenvalue weighted by Gasteiger charge is 2.07. The summed E-state index contributed by atoms with van der Waals surface area (Å²) < 4.78 is 1.76. The van der Waals surface area contributed by atoms with E-state index in [1.807, 2.05) is 6.92 Å². The Morgan fingerprint density at radius 3 is 2.93 bits per heavy atom. The van der Waals surface area contributed by atoms with Crippen LogP contribution in [0.15, 0.2) is 26.4 Å². The van der Waals surface area contributed by atoms with Gasteiger partial charge in [-0.15, -0.1) is 10.2 Å². The Hall–Kier alpha value is -0.530. The fraction of sp³-hybridized carbons (Fsp3) is 0.143. The van der Waals surface area contributed by atoms with Crippen LogP contribution in [0.3, 0.4) is 0 Å². The summed E-state index contributed by atoms with van der Waals surface area (Å²) in [5, 5.41) is 9.75. The van der Waals surface area contributed by atoms with E-state index in [-0.39, 0.29) is 0 Å². The van der Waals surface area contributed by atoms with Gasteiger partial charge in [-0.3, -0.25) is 0 Å². The van der Waals surface area contributed by atoms with E-state index in [0.29, 0.717) is 0 Å². The van der Waals surface area contributed by atoms with Crippen molar-refractivity contribution >= 4 is 39.0 Å². The summed E-state index contributed by atoms with van der Waals surface area (Å²) >= 11 is 6.40. The lowest BCUT2D eigenvalue weighted by molar-refractivity contribution is 0.974. The van der Waals surface area contributed by atoms with E-state index in [4.69, 9.17) is 0 Å². The first-order valence-electron chi connectivity index (χ1n) is 3.69. The molecule has 0 atom stereocenters. The Balaban J connectivity index is 2.23. The molecule has 0 aliphatic carbocycles. The molecule has 0 aromatic carbocycles. The molecule has 0 spiro atoms. The second-order valence-electron chi connectivity index (χ2n) is 2.36. The number of rotatable bonds is 2. The standard InChI is InChI=1S/C7H5BrN4S2/c1-4-11-12-7(13-4)14-6-5(8)2-9-3-10-6/h2-3H,1H3. The predicted octanol–water partition coefficient (Wildman–Crippen LogP) is 2.55. The van der Waals surface area contributed by atoms with E-state index in [0.717, 1.165) is 18.8 Å². The monoisotopic (exact) mass is 288 g/mol. The van der Waals surface area contributed by atoms with Gasteiger partial charge >= 0.3 is 0 Å². The second kappa shape index (κ2) is 4.33. The fourth-order valence-electron chi connectivity index (χ4n) is 0.779. The maximum absolute atomic E-state index is 4.13. The Morgan fingerprint density at radius 1 is 1.43 bits per heavy atom. The lowest BCUT2D eigenvalue weighted by Gasteiger charge is -1.96. The Bertz CT molecular complexity index is 445. The lowest BCUT2D eigenvalue weighted by atomic mass is 10.7. The first-order valence-corrected chi connectivity index (χ1v) is 6.12. The van der Waals surface area contributed by atoms with Crippen molar-refractivity contribution < 1.29 is 0 Å². The molecule has 0 unspecified atom stereocenters. The first kappa shape index (κ1) is 10.0. The van der Waals surface area contributed by atoms with Gasteiger partial charge < -0.3 is 0 Å². The summed E-state index contributed by atoms with van der Waals surface area (Å²) in [5.74, 6) is 0. The fourth-order valence-corrected chi connectivity index (χ4v) is 2.92. The van der Waals surface area contributed by atoms with E-state index < -0.39 is 0 Å². The summed E-state index contributed by atoms with van der Waals surface area (Å²) in [4.78, 5) is 8.01. The quantitative estimate of drug-likeness (QED) is 0.795. The van der Waals surface area contributed by atoms with Crippen molar-refractivity contribution in [3.63, 3.8) is 0 Å². The zero-order valence-corrected chi connectivity index (χ0v) is 10.4. The maximum atomic E-state index is 4.13. The molecule has 0 aliphatic heterocycles. The van der Waals surface area contributed by atoms with Crippen molar-refractivity contribution in [1.29, 1.82) is 0 Å². The van der Waals surface area contributed by atoms with Crippen molar-refractivity contribution in [2.75, 3.05) is 0 Å². The molecule has 0 saturated carbocycles. The lowest BCUT2D eigenvalue weighted by Crippen LogP contribution is -1.83. The van der Waals surface area contributed by atoms with Gasteiger partial charge in [-0.05, 0) is 34.6 Å². The van der Waals surface area contributed by atoms with E-state index in [2.05, 4.69) is 36.1 Å². The highest BCUT2D eigenvalue weighted by molar-refractivity contribution is 9.10. The summed E-state index contributed by atoms with van der Waals surface area (Å²) in [6.07, 6.45) is 3.23. The average Bonchev–Trinajstić information content (AvgIpc) is 2.56. The van der Waals surface area contributed by atoms with Gasteiger partial charge in [-0.2, -0.15) is 0 Å². The number of hydrogen-bond acceptors (Lipinski definition) is 6. The van der Waals surface area contributed by atoms with Crippen molar-refractivity contribution in [3.05, 3.63) is 22.0 Å². The van der Waals surface area contributed by atoms with Crippen LogP contribution in [0.4, 0.5) is 0 Å². The molecular weight excluding hydrogens is 284 g/mol. The van der Waals surface area contributed by atoms with Crippen LogP contribution in [-0.2, 0) is 0 Å². The Labute approximate surface area is 97.3 Å². The molecular formula is C7H5BrN4S2. The van der Waals surface area contributed by atoms with E-state index in [9.17, 15) is 0 Å². The molecule has 0 saturated heterocycles. The molecule has 0 N–H and O–H groups in total. The van der Waals surface area contributed by atoms with Crippen LogP contribution >= 0.6 is 39.0 Å². The summed E-state index contributed by atoms with van der Waals surface area (Å²) in [5.41, 5.74) is 0. The second-order valence-corrected chi connectivity index (χ2v) is 5.64. The van der Waals surface area contributed by atoms with E-state index in [1.54, 1.807) is 17.5 Å². The molecule has 72 valence electrons. The van der Waals surface area contributed by atoms with Crippen LogP contribution in [0.5, 0.6) is 0 Å². The zero-order valence-electron chi connectivity index (χ0n) is 7.14. The third-order valence-corrected chi connectivity index (χ3v) is 4.08. The van der Waals surface area contributed by atoms with Gasteiger partial charge in [0.25, 0.3) is 0 Å². The summed E-state index contributed by atoms with van der Waals surface area (Å²) in [6, 6.07) is 0. The summed E-state index contributed by atoms with van der Waals surface area (Å²) in [7, 11) is 0. The predicted molar refractivity (Wildman–Crippen MR) is 58.5 cm³/mol. The maximum Gasteiger partial charge on any atom is 0.180 e. The molecule has 4 nitrogen and oxygen atoms in total. The van der Waals surface area contributed by atoms with Gasteiger partial charge in [0.15, 0.2) is 4.34 Å². The van der Waals surface area contributed by atoms with Crippen LogP contribution in [-0.4, -0.2) is 20.2 Å². The smallest absolute Gasteiger partial charge is 0.180 e. The highest BCUT2D eigenvalue weighted by atomic mass is 79.9. The Kier molecular flexibility index (Phi) is 3.09. The van der Waals surface area contributed by atoms with Crippen LogP contribution < -0.4 is 0 Å². The minimum Gasteiger partial charge on any atom is -0.244 e. The van der Waals surface area contributed by atoms with Gasteiger partial charge in [0.1, 0.15) is 16.4 Å². The third kappa shape index (κ3) is 2.28. The minimum atomic E-state index is 0.858. The normalized spacial score (nSPS) is 10.4. The van der Waals surface area contributed by atoms with Crippen LogP contribution in [0.25, 0.3) is 0 Å². The number of nitrogens with zero attached hydrogens (tertiary/aromatic N) is 4.